The second kappa shape index (κ2) is 2.21. The Morgan fingerprint density at radius 3 is 2.30 bits per heavy atom. The lowest BCUT2D eigenvalue weighted by atomic mass is 10.0. The number of piperidine rings is 1. The average molecular weight is 140 g/mol. The number of rotatable bonds is 0. The van der Waals surface area contributed by atoms with Gasteiger partial charge in [0.1, 0.15) is 0 Å². The highest BCUT2D eigenvalue weighted by atomic mass is 16.3. The van der Waals surface area contributed by atoms with E-state index < -0.39 is 0 Å². The normalized spacial score (nSPS) is 42.6. The zero-order chi connectivity index (χ0) is 7.14. The van der Waals surface area contributed by atoms with Gasteiger partial charge in [-0.3, -0.25) is 0 Å². The van der Waals surface area contributed by atoms with E-state index in [1.165, 1.54) is 12.8 Å². The zero-order valence-electron chi connectivity index (χ0n) is 6.38. The Labute approximate surface area is 61.8 Å². The van der Waals surface area contributed by atoms with Gasteiger partial charge < -0.3 is 10.0 Å². The molecule has 0 aliphatic carbocycles. The van der Waals surface area contributed by atoms with Gasteiger partial charge in [-0.1, -0.05) is 0 Å². The molecule has 1 radical (unpaired) electrons. The van der Waals surface area contributed by atoms with Crippen LogP contribution in [0, 0.1) is 6.10 Å². The Morgan fingerprint density at radius 1 is 1.30 bits per heavy atom. The molecule has 2 fully saturated rings. The minimum absolute atomic E-state index is 0.652. The molecule has 2 aliphatic rings. The van der Waals surface area contributed by atoms with Crippen molar-refractivity contribution in [1.82, 2.24) is 4.90 Å². The van der Waals surface area contributed by atoms with E-state index in [4.69, 9.17) is 0 Å². The maximum Gasteiger partial charge on any atom is 0.0964 e. The Kier molecular flexibility index (Phi) is 1.46. The Balaban J connectivity index is 2.09. The van der Waals surface area contributed by atoms with Crippen molar-refractivity contribution in [2.45, 2.75) is 37.8 Å². The second-order valence-corrected chi connectivity index (χ2v) is 3.52. The lowest BCUT2D eigenvalue weighted by molar-refractivity contribution is 0.120. The molecule has 2 heteroatoms. The van der Waals surface area contributed by atoms with Crippen LogP contribution in [0.2, 0.25) is 0 Å². The standard InChI is InChI=1S/C8H14NO/c1-9-6-2-3-7(9)5-8(10)4-6/h6-7,10H,2-5H2,1H3. The first-order chi connectivity index (χ1) is 4.77. The maximum absolute atomic E-state index is 9.30. The zero-order valence-corrected chi connectivity index (χ0v) is 6.38. The number of hydrogen-bond acceptors (Lipinski definition) is 2. The highest BCUT2D eigenvalue weighted by Crippen LogP contribution is 2.36. The van der Waals surface area contributed by atoms with E-state index in [9.17, 15) is 5.11 Å². The highest BCUT2D eigenvalue weighted by Gasteiger charge is 2.37. The maximum atomic E-state index is 9.30. The summed E-state index contributed by atoms with van der Waals surface area (Å²) < 4.78 is 0. The van der Waals surface area contributed by atoms with Gasteiger partial charge in [-0.15, -0.1) is 0 Å². The van der Waals surface area contributed by atoms with Crippen LogP contribution in [0.25, 0.3) is 0 Å². The molecule has 0 aromatic carbocycles. The van der Waals surface area contributed by atoms with Crippen molar-refractivity contribution in [3.05, 3.63) is 6.10 Å². The molecule has 0 aromatic heterocycles. The van der Waals surface area contributed by atoms with Crippen LogP contribution in [0.3, 0.4) is 0 Å². The molecule has 0 saturated carbocycles. The van der Waals surface area contributed by atoms with E-state index in [-0.39, 0.29) is 0 Å². The molecule has 2 nitrogen and oxygen atoms in total. The molecule has 0 aromatic rings. The fraction of sp³-hybridized carbons (Fsp3) is 0.875. The molecule has 2 saturated heterocycles. The quantitative estimate of drug-likeness (QED) is 0.545. The summed E-state index contributed by atoms with van der Waals surface area (Å²) in [6, 6.07) is 1.30. The number of hydrogen-bond donors (Lipinski definition) is 1. The van der Waals surface area contributed by atoms with Crippen LogP contribution in [0.1, 0.15) is 25.7 Å². The molecule has 2 atom stereocenters. The van der Waals surface area contributed by atoms with E-state index in [1.807, 2.05) is 0 Å². The molecule has 0 spiro atoms. The fourth-order valence-corrected chi connectivity index (χ4v) is 2.21. The summed E-state index contributed by atoms with van der Waals surface area (Å²) in [5, 5.41) is 9.30. The Hall–Kier alpha value is -0.0800. The molecule has 2 rings (SSSR count). The summed E-state index contributed by atoms with van der Waals surface area (Å²) in [7, 11) is 2.18. The molecule has 2 unspecified atom stereocenters. The predicted molar refractivity (Wildman–Crippen MR) is 39.0 cm³/mol. The third-order valence-electron chi connectivity index (χ3n) is 2.93. The molecular formula is C8H14NO. The van der Waals surface area contributed by atoms with Gasteiger partial charge in [-0.2, -0.15) is 0 Å². The second-order valence-electron chi connectivity index (χ2n) is 3.52. The number of aliphatic hydroxyl groups excluding tert-OH is 1. The van der Waals surface area contributed by atoms with Crippen molar-refractivity contribution in [3.8, 4) is 0 Å². The molecule has 2 aliphatic heterocycles. The summed E-state index contributed by atoms with van der Waals surface area (Å²) in [5.74, 6) is 0. The van der Waals surface area contributed by atoms with Crippen LogP contribution in [-0.2, 0) is 0 Å². The number of fused-ring (bicyclic) bond motifs is 2. The summed E-state index contributed by atoms with van der Waals surface area (Å²) in [5.41, 5.74) is 0. The Morgan fingerprint density at radius 2 is 1.80 bits per heavy atom. The van der Waals surface area contributed by atoms with Crippen molar-refractivity contribution in [2.75, 3.05) is 7.05 Å². The molecule has 57 valence electrons. The SMILES string of the molecule is CN1C2CCC1C[C](O)C2. The van der Waals surface area contributed by atoms with Crippen LogP contribution < -0.4 is 0 Å². The fourth-order valence-electron chi connectivity index (χ4n) is 2.21. The van der Waals surface area contributed by atoms with Crippen molar-refractivity contribution in [1.29, 1.82) is 0 Å². The van der Waals surface area contributed by atoms with Gasteiger partial charge in [-0.05, 0) is 32.7 Å². The largest absolute Gasteiger partial charge is 0.387 e. The molecule has 1 N–H and O–H groups in total. The van der Waals surface area contributed by atoms with Gasteiger partial charge in [0.15, 0.2) is 0 Å². The van der Waals surface area contributed by atoms with Gasteiger partial charge in [-0.25, -0.2) is 0 Å². The van der Waals surface area contributed by atoms with E-state index >= 15 is 0 Å². The third kappa shape index (κ3) is 0.867. The smallest absolute Gasteiger partial charge is 0.0964 e. The molecule has 2 heterocycles. The summed E-state index contributed by atoms with van der Waals surface area (Å²) in [6.07, 6.45) is 5.14. The number of nitrogens with zero attached hydrogens (tertiary/aromatic N) is 1. The van der Waals surface area contributed by atoms with E-state index in [1.54, 1.807) is 0 Å². The third-order valence-corrected chi connectivity index (χ3v) is 2.93. The summed E-state index contributed by atoms with van der Waals surface area (Å²) >= 11 is 0. The minimum Gasteiger partial charge on any atom is -0.387 e. The van der Waals surface area contributed by atoms with Crippen LogP contribution in [0.4, 0.5) is 0 Å². The van der Waals surface area contributed by atoms with Crippen molar-refractivity contribution in [3.63, 3.8) is 0 Å². The van der Waals surface area contributed by atoms with Crippen molar-refractivity contribution in [2.24, 2.45) is 0 Å². The molecule has 0 amide bonds. The predicted octanol–water partition coefficient (Wildman–Crippen LogP) is 1.15. The topological polar surface area (TPSA) is 23.5 Å². The molecule has 2 bridgehead atoms. The molecule has 10 heavy (non-hydrogen) atoms. The summed E-state index contributed by atoms with van der Waals surface area (Å²) in [4.78, 5) is 2.42. The van der Waals surface area contributed by atoms with E-state index in [0.717, 1.165) is 18.9 Å². The molecular weight excluding hydrogens is 126 g/mol. The van der Waals surface area contributed by atoms with Gasteiger partial charge >= 0.3 is 0 Å². The van der Waals surface area contributed by atoms with Gasteiger partial charge in [0.2, 0.25) is 0 Å². The van der Waals surface area contributed by atoms with Crippen molar-refractivity contribution < 1.29 is 5.11 Å². The summed E-state index contributed by atoms with van der Waals surface area (Å²) in [6.45, 7) is 0. The minimum atomic E-state index is 0.652. The monoisotopic (exact) mass is 140 g/mol. The van der Waals surface area contributed by atoms with E-state index in [0.29, 0.717) is 12.1 Å². The first kappa shape index (κ1) is 6.62. The van der Waals surface area contributed by atoms with Crippen LogP contribution in [0.5, 0.6) is 0 Å². The van der Waals surface area contributed by atoms with Gasteiger partial charge in [0.05, 0.1) is 6.10 Å². The van der Waals surface area contributed by atoms with Crippen LogP contribution in [-0.4, -0.2) is 29.1 Å². The highest BCUT2D eigenvalue weighted by molar-refractivity contribution is 5.00. The lowest BCUT2D eigenvalue weighted by Gasteiger charge is -2.33. The Bertz CT molecular complexity index is 123. The van der Waals surface area contributed by atoms with Crippen LogP contribution >= 0.6 is 0 Å². The van der Waals surface area contributed by atoms with Crippen molar-refractivity contribution >= 4 is 0 Å². The van der Waals surface area contributed by atoms with Crippen LogP contribution in [0.15, 0.2) is 0 Å². The lowest BCUT2D eigenvalue weighted by Crippen LogP contribution is -2.39. The first-order valence-corrected chi connectivity index (χ1v) is 4.03. The van der Waals surface area contributed by atoms with Gasteiger partial charge in [0.25, 0.3) is 0 Å². The number of aliphatic hydroxyl groups is 1. The van der Waals surface area contributed by atoms with E-state index in [2.05, 4.69) is 11.9 Å². The van der Waals surface area contributed by atoms with Gasteiger partial charge in [0, 0.05) is 12.1 Å². The first-order valence-electron chi connectivity index (χ1n) is 4.03. The average Bonchev–Trinajstić information content (AvgIpc) is 2.20.